The Kier molecular flexibility index (Phi) is 8.81. The lowest BCUT2D eigenvalue weighted by Crippen LogP contribution is -2.13. The van der Waals surface area contributed by atoms with Crippen molar-refractivity contribution in [2.45, 2.75) is 13.1 Å². The van der Waals surface area contributed by atoms with Crippen LogP contribution in [0.5, 0.6) is 11.5 Å². The van der Waals surface area contributed by atoms with Crippen LogP contribution in [0.3, 0.4) is 0 Å². The highest BCUT2D eigenvalue weighted by Gasteiger charge is 2.06. The molecule has 4 nitrogen and oxygen atoms in total. The molecule has 2 rings (SSSR count). The average Bonchev–Trinajstić information content (AvgIpc) is 2.55. The van der Waals surface area contributed by atoms with E-state index in [1.54, 1.807) is 7.11 Å². The van der Waals surface area contributed by atoms with Gasteiger partial charge in [-0.05, 0) is 29.3 Å². The lowest BCUT2D eigenvalue weighted by atomic mass is 10.2. The summed E-state index contributed by atoms with van der Waals surface area (Å²) >= 11 is 6.13. The van der Waals surface area contributed by atoms with Gasteiger partial charge in [0.25, 0.3) is 0 Å². The van der Waals surface area contributed by atoms with E-state index in [0.717, 1.165) is 16.1 Å². The highest BCUT2D eigenvalue weighted by Crippen LogP contribution is 2.28. The molecule has 0 saturated heterocycles. The van der Waals surface area contributed by atoms with Crippen LogP contribution in [-0.2, 0) is 13.1 Å². The van der Waals surface area contributed by atoms with Gasteiger partial charge in [-0.2, -0.15) is 0 Å². The zero-order valence-electron chi connectivity index (χ0n) is 12.9. The first-order valence-corrected chi connectivity index (χ1v) is 7.47. The van der Waals surface area contributed by atoms with Gasteiger partial charge >= 0.3 is 0 Å². The summed E-state index contributed by atoms with van der Waals surface area (Å²) in [5, 5.41) is 12.9. The minimum absolute atomic E-state index is 0. The van der Waals surface area contributed by atoms with Crippen LogP contribution in [0.15, 0.2) is 42.5 Å². The first-order chi connectivity index (χ1) is 10.7. The highest BCUT2D eigenvalue weighted by atomic mass is 35.5. The molecule has 0 aliphatic heterocycles. The van der Waals surface area contributed by atoms with Crippen molar-refractivity contribution in [1.82, 2.24) is 5.32 Å². The Hall–Kier alpha value is -1.46. The van der Waals surface area contributed by atoms with E-state index in [0.29, 0.717) is 24.6 Å². The summed E-state index contributed by atoms with van der Waals surface area (Å²) in [4.78, 5) is 0. The molecule has 0 aliphatic carbocycles. The molecule has 126 valence electrons. The predicted octanol–water partition coefficient (Wildman–Crippen LogP) is 3.43. The largest absolute Gasteiger partial charge is 0.493 e. The Morgan fingerprint density at radius 2 is 1.87 bits per heavy atom. The highest BCUT2D eigenvalue weighted by molar-refractivity contribution is 6.31. The Labute approximate surface area is 147 Å². The molecule has 2 aromatic rings. The van der Waals surface area contributed by atoms with Crippen molar-refractivity contribution in [2.24, 2.45) is 0 Å². The van der Waals surface area contributed by atoms with Crippen LogP contribution in [0.2, 0.25) is 5.02 Å². The van der Waals surface area contributed by atoms with Crippen molar-refractivity contribution in [1.29, 1.82) is 0 Å². The lowest BCUT2D eigenvalue weighted by molar-refractivity contribution is 0.196. The van der Waals surface area contributed by atoms with E-state index < -0.39 is 0 Å². The maximum Gasteiger partial charge on any atom is 0.161 e. The smallest absolute Gasteiger partial charge is 0.161 e. The topological polar surface area (TPSA) is 50.7 Å². The summed E-state index contributed by atoms with van der Waals surface area (Å²) in [7, 11) is 1.60. The van der Waals surface area contributed by atoms with Crippen LogP contribution in [0.25, 0.3) is 0 Å². The maximum atomic E-state index is 8.81. The first-order valence-electron chi connectivity index (χ1n) is 7.09. The minimum atomic E-state index is -0.0235. The number of hydrogen-bond acceptors (Lipinski definition) is 4. The summed E-state index contributed by atoms with van der Waals surface area (Å²) in [5.74, 6) is 1.29. The summed E-state index contributed by atoms with van der Waals surface area (Å²) < 4.78 is 10.7. The van der Waals surface area contributed by atoms with E-state index >= 15 is 0 Å². The molecule has 0 saturated carbocycles. The van der Waals surface area contributed by atoms with Gasteiger partial charge in [0, 0.05) is 18.1 Å². The van der Waals surface area contributed by atoms with Crippen LogP contribution in [-0.4, -0.2) is 25.4 Å². The van der Waals surface area contributed by atoms with E-state index in [1.807, 2.05) is 42.5 Å². The standard InChI is InChI=1S/C17H20ClNO3.ClH/c1-21-17-10-13(6-7-16(17)22-9-8-20)11-19-12-14-4-2-3-5-15(14)18;/h2-7,10,19-20H,8-9,11-12H2,1H3;1H. The maximum absolute atomic E-state index is 8.81. The molecule has 0 spiro atoms. The number of hydrogen-bond donors (Lipinski definition) is 2. The molecule has 0 fully saturated rings. The van der Waals surface area contributed by atoms with Crippen LogP contribution in [0.4, 0.5) is 0 Å². The van der Waals surface area contributed by atoms with E-state index in [-0.39, 0.29) is 25.6 Å². The number of halogens is 2. The van der Waals surface area contributed by atoms with Gasteiger partial charge in [0.1, 0.15) is 6.61 Å². The van der Waals surface area contributed by atoms with Gasteiger partial charge < -0.3 is 19.9 Å². The van der Waals surface area contributed by atoms with E-state index in [9.17, 15) is 0 Å². The minimum Gasteiger partial charge on any atom is -0.493 e. The molecule has 0 bridgehead atoms. The quantitative estimate of drug-likeness (QED) is 0.759. The number of nitrogens with one attached hydrogen (secondary N) is 1. The van der Waals surface area contributed by atoms with Gasteiger partial charge in [-0.3, -0.25) is 0 Å². The molecule has 0 atom stereocenters. The molecule has 2 aromatic carbocycles. The molecule has 0 radical (unpaired) electrons. The van der Waals surface area contributed by atoms with Gasteiger partial charge in [0.2, 0.25) is 0 Å². The van der Waals surface area contributed by atoms with E-state index in [4.69, 9.17) is 26.2 Å². The van der Waals surface area contributed by atoms with Crippen molar-refractivity contribution < 1.29 is 14.6 Å². The second-order valence-electron chi connectivity index (χ2n) is 4.75. The fourth-order valence-corrected chi connectivity index (χ4v) is 2.28. The SMILES string of the molecule is COc1cc(CNCc2ccccc2Cl)ccc1OCCO.Cl. The second kappa shape index (κ2) is 10.3. The monoisotopic (exact) mass is 357 g/mol. The van der Waals surface area contributed by atoms with E-state index in [2.05, 4.69) is 5.32 Å². The first kappa shape index (κ1) is 19.6. The van der Waals surface area contributed by atoms with Crippen molar-refractivity contribution in [3.63, 3.8) is 0 Å². The predicted molar refractivity (Wildman–Crippen MR) is 94.8 cm³/mol. The van der Waals surface area contributed by atoms with Crippen molar-refractivity contribution in [3.05, 3.63) is 58.6 Å². The molecule has 0 unspecified atom stereocenters. The molecule has 0 heterocycles. The zero-order valence-corrected chi connectivity index (χ0v) is 14.5. The molecule has 6 heteroatoms. The van der Waals surface area contributed by atoms with E-state index in [1.165, 1.54) is 0 Å². The van der Waals surface area contributed by atoms with Crippen LogP contribution >= 0.6 is 24.0 Å². The molecule has 0 aromatic heterocycles. The van der Waals surface area contributed by atoms with Gasteiger partial charge in [0.05, 0.1) is 13.7 Å². The number of rotatable bonds is 8. The van der Waals surface area contributed by atoms with Gasteiger partial charge in [-0.1, -0.05) is 35.9 Å². The number of ether oxygens (including phenoxy) is 2. The van der Waals surface area contributed by atoms with Gasteiger partial charge in [-0.25, -0.2) is 0 Å². The summed E-state index contributed by atoms with van der Waals surface area (Å²) in [6.07, 6.45) is 0. The third kappa shape index (κ3) is 5.92. The lowest BCUT2D eigenvalue weighted by Gasteiger charge is -2.12. The van der Waals surface area contributed by atoms with Crippen LogP contribution < -0.4 is 14.8 Å². The number of benzene rings is 2. The second-order valence-corrected chi connectivity index (χ2v) is 5.16. The third-order valence-corrected chi connectivity index (χ3v) is 3.55. The Balaban J connectivity index is 0.00000264. The van der Waals surface area contributed by atoms with Crippen LogP contribution in [0, 0.1) is 0 Å². The van der Waals surface area contributed by atoms with Gasteiger partial charge in [0.15, 0.2) is 11.5 Å². The fourth-order valence-electron chi connectivity index (χ4n) is 2.08. The van der Waals surface area contributed by atoms with Crippen molar-refractivity contribution in [3.8, 4) is 11.5 Å². The molecular formula is C17H21Cl2NO3. The van der Waals surface area contributed by atoms with Crippen molar-refractivity contribution in [2.75, 3.05) is 20.3 Å². The Morgan fingerprint density at radius 3 is 2.57 bits per heavy atom. The number of aliphatic hydroxyl groups is 1. The molecule has 23 heavy (non-hydrogen) atoms. The number of methoxy groups -OCH3 is 1. The summed E-state index contributed by atoms with van der Waals surface area (Å²) in [6, 6.07) is 13.5. The average molecular weight is 358 g/mol. The molecule has 0 amide bonds. The molecule has 0 aliphatic rings. The van der Waals surface area contributed by atoms with Gasteiger partial charge in [-0.15, -0.1) is 12.4 Å². The summed E-state index contributed by atoms with van der Waals surface area (Å²) in [6.45, 7) is 1.62. The Morgan fingerprint density at radius 1 is 1.09 bits per heavy atom. The van der Waals surface area contributed by atoms with Crippen molar-refractivity contribution >= 4 is 24.0 Å². The third-order valence-electron chi connectivity index (χ3n) is 3.18. The zero-order chi connectivity index (χ0) is 15.8. The normalized spacial score (nSPS) is 10.0. The molecule has 2 N–H and O–H groups in total. The Bertz CT molecular complexity index is 608. The summed E-state index contributed by atoms with van der Waals surface area (Å²) in [5.41, 5.74) is 2.15. The number of aliphatic hydroxyl groups excluding tert-OH is 1. The molecular weight excluding hydrogens is 337 g/mol. The van der Waals surface area contributed by atoms with Crippen LogP contribution in [0.1, 0.15) is 11.1 Å². The fraction of sp³-hybridized carbons (Fsp3) is 0.294.